The van der Waals surface area contributed by atoms with Crippen molar-refractivity contribution >= 4 is 0 Å². The number of fused-ring (bicyclic) bond motifs is 1. The maximum Gasteiger partial charge on any atom is 0.0986 e. The smallest absolute Gasteiger partial charge is 0.0986 e. The number of benzene rings is 3. The molecule has 0 amide bonds. The van der Waals surface area contributed by atoms with Gasteiger partial charge in [-0.05, 0) is 28.7 Å². The van der Waals surface area contributed by atoms with Gasteiger partial charge in [0.05, 0.1) is 12.1 Å². The second-order valence-electron chi connectivity index (χ2n) is 6.70. The molecule has 4 rings (SSSR count). The zero-order valence-corrected chi connectivity index (χ0v) is 14.3. The third kappa shape index (κ3) is 3.37. The van der Waals surface area contributed by atoms with Crippen molar-refractivity contribution in [3.05, 3.63) is 107 Å². The van der Waals surface area contributed by atoms with E-state index in [9.17, 15) is 5.11 Å². The topological polar surface area (TPSA) is 23.5 Å². The third-order valence-electron chi connectivity index (χ3n) is 5.13. The van der Waals surface area contributed by atoms with Crippen LogP contribution in [-0.4, -0.2) is 16.6 Å². The summed E-state index contributed by atoms with van der Waals surface area (Å²) in [5.41, 5.74) is 4.93. The molecule has 0 fully saturated rings. The van der Waals surface area contributed by atoms with Gasteiger partial charge in [0.1, 0.15) is 0 Å². The molecule has 0 aromatic heterocycles. The molecule has 0 spiro atoms. The van der Waals surface area contributed by atoms with Crippen molar-refractivity contribution in [1.82, 2.24) is 4.90 Å². The molecule has 0 saturated carbocycles. The average molecular weight is 329 g/mol. The van der Waals surface area contributed by atoms with Gasteiger partial charge in [0.25, 0.3) is 0 Å². The first-order valence-electron chi connectivity index (χ1n) is 8.92. The minimum Gasteiger partial charge on any atom is -0.386 e. The Kier molecular flexibility index (Phi) is 4.64. The molecule has 0 unspecified atom stereocenters. The van der Waals surface area contributed by atoms with Crippen LogP contribution in [0.15, 0.2) is 84.9 Å². The Balaban J connectivity index is 1.69. The largest absolute Gasteiger partial charge is 0.386 e. The summed E-state index contributed by atoms with van der Waals surface area (Å²) in [4.78, 5) is 2.41. The molecule has 3 aromatic carbocycles. The number of hydrogen-bond acceptors (Lipinski definition) is 2. The van der Waals surface area contributed by atoms with Crippen LogP contribution in [0, 0.1) is 0 Å². The summed E-state index contributed by atoms with van der Waals surface area (Å²) in [5.74, 6) is 0. The Morgan fingerprint density at radius 2 is 1.24 bits per heavy atom. The van der Waals surface area contributed by atoms with E-state index in [1.54, 1.807) is 0 Å². The molecule has 2 atom stereocenters. The molecule has 2 nitrogen and oxygen atoms in total. The lowest BCUT2D eigenvalue weighted by atomic mass is 9.91. The second-order valence-corrected chi connectivity index (χ2v) is 6.70. The first-order valence-corrected chi connectivity index (χ1v) is 8.92. The third-order valence-corrected chi connectivity index (χ3v) is 5.13. The number of aliphatic hydroxyl groups excluding tert-OH is 1. The van der Waals surface area contributed by atoms with Crippen molar-refractivity contribution in [3.63, 3.8) is 0 Å². The molecule has 3 aromatic rings. The van der Waals surface area contributed by atoms with Crippen LogP contribution in [0.2, 0.25) is 0 Å². The van der Waals surface area contributed by atoms with Crippen molar-refractivity contribution in [2.24, 2.45) is 0 Å². The molecule has 25 heavy (non-hydrogen) atoms. The molecule has 126 valence electrons. The van der Waals surface area contributed by atoms with E-state index < -0.39 is 6.10 Å². The summed E-state index contributed by atoms with van der Waals surface area (Å²) < 4.78 is 0. The van der Waals surface area contributed by atoms with Crippen molar-refractivity contribution in [2.45, 2.75) is 25.1 Å². The molecule has 2 heteroatoms. The van der Waals surface area contributed by atoms with E-state index in [1.807, 2.05) is 36.4 Å². The normalized spacial score (nSPS) is 16.8. The van der Waals surface area contributed by atoms with Gasteiger partial charge >= 0.3 is 0 Å². The van der Waals surface area contributed by atoms with Crippen LogP contribution in [0.5, 0.6) is 0 Å². The van der Waals surface area contributed by atoms with E-state index in [4.69, 9.17) is 0 Å². The van der Waals surface area contributed by atoms with Gasteiger partial charge < -0.3 is 5.11 Å². The van der Waals surface area contributed by atoms with Crippen molar-refractivity contribution in [2.75, 3.05) is 6.54 Å². The minimum absolute atomic E-state index is 0.0445. The van der Waals surface area contributed by atoms with Crippen molar-refractivity contribution in [3.8, 4) is 0 Å². The van der Waals surface area contributed by atoms with E-state index in [2.05, 4.69) is 53.4 Å². The molecule has 1 N–H and O–H groups in total. The summed E-state index contributed by atoms with van der Waals surface area (Å²) in [5, 5.41) is 11.2. The van der Waals surface area contributed by atoms with Crippen LogP contribution < -0.4 is 0 Å². The SMILES string of the molecule is O[C@H](c1ccccc1)[C@H](c1ccccc1)N1CCc2ccccc2C1. The van der Waals surface area contributed by atoms with E-state index in [1.165, 1.54) is 16.7 Å². The predicted molar refractivity (Wildman–Crippen MR) is 101 cm³/mol. The first-order chi connectivity index (χ1) is 12.3. The molecule has 0 aliphatic carbocycles. The lowest BCUT2D eigenvalue weighted by molar-refractivity contribution is 0.0390. The molecular weight excluding hydrogens is 306 g/mol. The van der Waals surface area contributed by atoms with E-state index in [0.717, 1.165) is 25.1 Å². The van der Waals surface area contributed by atoms with Gasteiger partial charge in [0.2, 0.25) is 0 Å². The predicted octanol–water partition coefficient (Wildman–Crippen LogP) is 4.52. The summed E-state index contributed by atoms with van der Waals surface area (Å²) in [6.07, 6.45) is 0.481. The molecule has 1 aliphatic heterocycles. The lowest BCUT2D eigenvalue weighted by Crippen LogP contribution is -2.37. The molecule has 0 radical (unpaired) electrons. The second kappa shape index (κ2) is 7.22. The van der Waals surface area contributed by atoms with Gasteiger partial charge in [0.15, 0.2) is 0 Å². The molecule has 0 saturated heterocycles. The van der Waals surface area contributed by atoms with Crippen LogP contribution in [-0.2, 0) is 13.0 Å². The molecule has 1 aliphatic rings. The summed E-state index contributed by atoms with van der Waals surface area (Å²) >= 11 is 0. The molecule has 0 bridgehead atoms. The van der Waals surface area contributed by atoms with Crippen LogP contribution in [0.25, 0.3) is 0 Å². The van der Waals surface area contributed by atoms with E-state index in [0.29, 0.717) is 0 Å². The van der Waals surface area contributed by atoms with Gasteiger partial charge in [-0.15, -0.1) is 0 Å². The monoisotopic (exact) mass is 329 g/mol. The van der Waals surface area contributed by atoms with Gasteiger partial charge in [-0.25, -0.2) is 0 Å². The summed E-state index contributed by atoms with van der Waals surface area (Å²) in [6, 6.07) is 29.0. The fourth-order valence-corrected chi connectivity index (χ4v) is 3.83. The van der Waals surface area contributed by atoms with Crippen LogP contribution in [0.3, 0.4) is 0 Å². The molecule has 1 heterocycles. The quantitative estimate of drug-likeness (QED) is 0.761. The van der Waals surface area contributed by atoms with Crippen molar-refractivity contribution in [1.29, 1.82) is 0 Å². The van der Waals surface area contributed by atoms with Crippen LogP contribution in [0.4, 0.5) is 0 Å². The molecular formula is C23H23NO. The Labute approximate surface area is 149 Å². The number of nitrogens with zero attached hydrogens (tertiary/aromatic N) is 1. The van der Waals surface area contributed by atoms with Gasteiger partial charge in [-0.1, -0.05) is 84.9 Å². The zero-order valence-electron chi connectivity index (χ0n) is 14.3. The fraction of sp³-hybridized carbons (Fsp3) is 0.217. The van der Waals surface area contributed by atoms with Gasteiger partial charge in [-0.3, -0.25) is 4.90 Å². The Hall–Kier alpha value is -2.42. The first kappa shape index (κ1) is 16.1. The number of rotatable bonds is 4. The maximum absolute atomic E-state index is 11.2. The van der Waals surface area contributed by atoms with Gasteiger partial charge in [0, 0.05) is 13.1 Å². The number of hydrogen-bond donors (Lipinski definition) is 1. The fourth-order valence-electron chi connectivity index (χ4n) is 3.83. The number of aliphatic hydroxyl groups is 1. The average Bonchev–Trinajstić information content (AvgIpc) is 2.69. The van der Waals surface area contributed by atoms with Crippen molar-refractivity contribution < 1.29 is 5.11 Å². The highest BCUT2D eigenvalue weighted by molar-refractivity contribution is 5.31. The summed E-state index contributed by atoms with van der Waals surface area (Å²) in [6.45, 7) is 1.83. The Morgan fingerprint density at radius 3 is 1.92 bits per heavy atom. The van der Waals surface area contributed by atoms with Crippen LogP contribution >= 0.6 is 0 Å². The standard InChI is InChI=1S/C23H23NO/c25-23(20-12-5-2-6-13-20)22(19-10-3-1-4-11-19)24-16-15-18-9-7-8-14-21(18)17-24/h1-14,22-23,25H,15-17H2/t22-,23+/m0/s1. The Morgan fingerprint density at radius 1 is 0.680 bits per heavy atom. The van der Waals surface area contributed by atoms with Gasteiger partial charge in [-0.2, -0.15) is 0 Å². The summed E-state index contributed by atoms with van der Waals surface area (Å²) in [7, 11) is 0. The lowest BCUT2D eigenvalue weighted by Gasteiger charge is -2.38. The minimum atomic E-state index is -0.547. The Bertz CT molecular complexity index is 816. The highest BCUT2D eigenvalue weighted by Gasteiger charge is 2.31. The maximum atomic E-state index is 11.2. The van der Waals surface area contributed by atoms with E-state index >= 15 is 0 Å². The highest BCUT2D eigenvalue weighted by atomic mass is 16.3. The highest BCUT2D eigenvalue weighted by Crippen LogP contribution is 2.36. The van der Waals surface area contributed by atoms with Crippen LogP contribution in [0.1, 0.15) is 34.4 Å². The zero-order chi connectivity index (χ0) is 17.1. The van der Waals surface area contributed by atoms with E-state index in [-0.39, 0.29) is 6.04 Å².